The van der Waals surface area contributed by atoms with Gasteiger partial charge in [0.05, 0.1) is 0 Å². The van der Waals surface area contributed by atoms with Gasteiger partial charge in [-0.25, -0.2) is 0 Å². The molecule has 1 heteroatoms. The Bertz CT molecular complexity index is 166. The van der Waals surface area contributed by atoms with Crippen molar-refractivity contribution in [3.05, 3.63) is 23.8 Å². The third kappa shape index (κ3) is 5.59. The summed E-state index contributed by atoms with van der Waals surface area (Å²) in [4.78, 5) is 10.2. The second kappa shape index (κ2) is 5.90. The molecular formula is C10H16O. The van der Waals surface area contributed by atoms with E-state index in [1.807, 2.05) is 26.0 Å². The van der Waals surface area contributed by atoms with Crippen LogP contribution in [0.2, 0.25) is 0 Å². The zero-order valence-corrected chi connectivity index (χ0v) is 7.50. The monoisotopic (exact) mass is 152 g/mol. The molecule has 0 saturated heterocycles. The maximum Gasteiger partial charge on any atom is 0.145 e. The second-order valence-electron chi connectivity index (χ2n) is 2.81. The maximum atomic E-state index is 10.2. The molecule has 0 fully saturated rings. The molecule has 0 aromatic carbocycles. The summed E-state index contributed by atoms with van der Waals surface area (Å²) >= 11 is 0. The molecule has 0 bridgehead atoms. The minimum absolute atomic E-state index is 0.469. The molecule has 0 aromatic rings. The van der Waals surface area contributed by atoms with E-state index in [9.17, 15) is 4.79 Å². The number of hydrogen-bond acceptors (Lipinski definition) is 1. The zero-order valence-electron chi connectivity index (χ0n) is 7.50. The third-order valence-corrected chi connectivity index (χ3v) is 1.48. The Labute approximate surface area is 68.8 Å². The van der Waals surface area contributed by atoms with Gasteiger partial charge in [0.25, 0.3) is 0 Å². The minimum atomic E-state index is 0.469. The Hall–Kier alpha value is -0.850. The van der Waals surface area contributed by atoms with Gasteiger partial charge in [-0.05, 0) is 31.8 Å². The van der Waals surface area contributed by atoms with E-state index in [0.29, 0.717) is 5.92 Å². The van der Waals surface area contributed by atoms with Crippen molar-refractivity contribution in [1.82, 2.24) is 0 Å². The van der Waals surface area contributed by atoms with E-state index in [2.05, 4.69) is 13.0 Å². The highest BCUT2D eigenvalue weighted by molar-refractivity contribution is 5.72. The lowest BCUT2D eigenvalue weighted by Crippen LogP contribution is -1.89. The molecule has 0 saturated carbocycles. The molecule has 1 atom stereocenters. The van der Waals surface area contributed by atoms with Crippen molar-refractivity contribution < 1.29 is 4.79 Å². The number of allylic oxidation sites excluding steroid dienone is 4. The van der Waals surface area contributed by atoms with Crippen LogP contribution in [-0.2, 0) is 4.79 Å². The van der Waals surface area contributed by atoms with Crippen molar-refractivity contribution in [2.45, 2.75) is 27.2 Å². The minimum Gasteiger partial charge on any atom is -0.298 e. The quantitative estimate of drug-likeness (QED) is 0.344. The van der Waals surface area contributed by atoms with Gasteiger partial charge in [0.15, 0.2) is 0 Å². The van der Waals surface area contributed by atoms with Crippen molar-refractivity contribution in [2.75, 3.05) is 0 Å². The predicted octanol–water partition coefficient (Wildman–Crippen LogP) is 2.73. The summed E-state index contributed by atoms with van der Waals surface area (Å²) in [7, 11) is 0. The molecule has 0 aliphatic heterocycles. The Morgan fingerprint density at radius 1 is 1.55 bits per heavy atom. The molecule has 1 unspecified atom stereocenters. The van der Waals surface area contributed by atoms with Crippen LogP contribution in [0, 0.1) is 5.92 Å². The topological polar surface area (TPSA) is 17.1 Å². The van der Waals surface area contributed by atoms with Crippen LogP contribution in [0.15, 0.2) is 23.8 Å². The summed E-state index contributed by atoms with van der Waals surface area (Å²) in [6.07, 6.45) is 8.04. The van der Waals surface area contributed by atoms with Crippen LogP contribution in [0.5, 0.6) is 0 Å². The van der Waals surface area contributed by atoms with Gasteiger partial charge in [0.1, 0.15) is 6.29 Å². The van der Waals surface area contributed by atoms with E-state index in [1.54, 1.807) is 0 Å². The highest BCUT2D eigenvalue weighted by atomic mass is 16.1. The van der Waals surface area contributed by atoms with Crippen LogP contribution in [-0.4, -0.2) is 6.29 Å². The smallest absolute Gasteiger partial charge is 0.145 e. The summed E-state index contributed by atoms with van der Waals surface area (Å²) < 4.78 is 0. The fraction of sp³-hybridized carbons (Fsp3) is 0.500. The molecule has 0 N–H and O–H groups in total. The first-order chi connectivity index (χ1) is 5.20. The van der Waals surface area contributed by atoms with Crippen LogP contribution in [0.1, 0.15) is 27.2 Å². The van der Waals surface area contributed by atoms with Crippen LogP contribution in [0.4, 0.5) is 0 Å². The first kappa shape index (κ1) is 10.2. The van der Waals surface area contributed by atoms with Crippen LogP contribution in [0.25, 0.3) is 0 Å². The van der Waals surface area contributed by atoms with Crippen molar-refractivity contribution in [1.29, 1.82) is 0 Å². The average Bonchev–Trinajstić information content (AvgIpc) is 2.00. The van der Waals surface area contributed by atoms with Crippen molar-refractivity contribution in [3.8, 4) is 0 Å². The molecule has 0 radical (unpaired) electrons. The SMILES string of the molecule is CC=CCC(C)C=C(C)C=O. The normalized spacial score (nSPS) is 15.4. The van der Waals surface area contributed by atoms with Crippen molar-refractivity contribution in [3.63, 3.8) is 0 Å². The summed E-state index contributed by atoms with van der Waals surface area (Å²) in [5, 5.41) is 0. The lowest BCUT2D eigenvalue weighted by molar-refractivity contribution is -0.104. The van der Waals surface area contributed by atoms with Gasteiger partial charge < -0.3 is 0 Å². The lowest BCUT2D eigenvalue weighted by Gasteiger charge is -2.00. The van der Waals surface area contributed by atoms with Crippen LogP contribution < -0.4 is 0 Å². The molecule has 62 valence electrons. The maximum absolute atomic E-state index is 10.2. The molecule has 1 nitrogen and oxygen atoms in total. The Balaban J connectivity index is 3.84. The van der Waals surface area contributed by atoms with E-state index >= 15 is 0 Å². The molecule has 0 aliphatic carbocycles. The molecule has 0 heterocycles. The Morgan fingerprint density at radius 3 is 2.64 bits per heavy atom. The fourth-order valence-electron chi connectivity index (χ4n) is 0.907. The zero-order chi connectivity index (χ0) is 8.69. The van der Waals surface area contributed by atoms with Gasteiger partial charge in [-0.2, -0.15) is 0 Å². The van der Waals surface area contributed by atoms with Crippen LogP contribution in [0.3, 0.4) is 0 Å². The molecule has 0 amide bonds. The molecule has 11 heavy (non-hydrogen) atoms. The molecule has 0 spiro atoms. The Morgan fingerprint density at radius 2 is 2.18 bits per heavy atom. The van der Waals surface area contributed by atoms with Gasteiger partial charge in [-0.3, -0.25) is 4.79 Å². The van der Waals surface area contributed by atoms with E-state index in [1.165, 1.54) is 0 Å². The largest absolute Gasteiger partial charge is 0.298 e. The number of aldehydes is 1. The highest BCUT2D eigenvalue weighted by Gasteiger charge is 1.94. The van der Waals surface area contributed by atoms with Gasteiger partial charge in [-0.15, -0.1) is 0 Å². The summed E-state index contributed by atoms with van der Waals surface area (Å²) in [6, 6.07) is 0. The number of hydrogen-bond donors (Lipinski definition) is 0. The number of rotatable bonds is 4. The first-order valence-corrected chi connectivity index (χ1v) is 3.95. The van der Waals surface area contributed by atoms with E-state index < -0.39 is 0 Å². The van der Waals surface area contributed by atoms with E-state index in [4.69, 9.17) is 0 Å². The second-order valence-corrected chi connectivity index (χ2v) is 2.81. The van der Waals surface area contributed by atoms with E-state index in [-0.39, 0.29) is 0 Å². The predicted molar refractivity (Wildman–Crippen MR) is 48.4 cm³/mol. The average molecular weight is 152 g/mol. The van der Waals surface area contributed by atoms with E-state index in [0.717, 1.165) is 18.3 Å². The fourth-order valence-corrected chi connectivity index (χ4v) is 0.907. The van der Waals surface area contributed by atoms with Crippen molar-refractivity contribution in [2.24, 2.45) is 5.92 Å². The summed E-state index contributed by atoms with van der Waals surface area (Å²) in [6.45, 7) is 5.94. The molecule has 0 rings (SSSR count). The van der Waals surface area contributed by atoms with Gasteiger partial charge in [-0.1, -0.05) is 25.2 Å². The van der Waals surface area contributed by atoms with Crippen molar-refractivity contribution >= 4 is 6.29 Å². The Kier molecular flexibility index (Phi) is 5.44. The molecular weight excluding hydrogens is 136 g/mol. The lowest BCUT2D eigenvalue weighted by atomic mass is 10.1. The van der Waals surface area contributed by atoms with Gasteiger partial charge >= 0.3 is 0 Å². The molecule has 0 aliphatic rings. The first-order valence-electron chi connectivity index (χ1n) is 3.95. The third-order valence-electron chi connectivity index (χ3n) is 1.48. The summed E-state index contributed by atoms with van der Waals surface area (Å²) in [5.41, 5.74) is 0.821. The molecule has 0 aromatic heterocycles. The summed E-state index contributed by atoms with van der Waals surface area (Å²) in [5.74, 6) is 0.469. The number of carbonyl (C=O) groups is 1. The number of carbonyl (C=O) groups excluding carboxylic acids is 1. The standard InChI is InChI=1S/C10H16O/c1-4-5-6-9(2)7-10(3)8-11/h4-5,7-9H,6H2,1-3H3. The van der Waals surface area contributed by atoms with Gasteiger partial charge in [0, 0.05) is 0 Å². The van der Waals surface area contributed by atoms with Crippen LogP contribution >= 0.6 is 0 Å². The highest BCUT2D eigenvalue weighted by Crippen LogP contribution is 2.06. The van der Waals surface area contributed by atoms with Gasteiger partial charge in [0.2, 0.25) is 0 Å².